The summed E-state index contributed by atoms with van der Waals surface area (Å²) in [7, 11) is 3.19. The van der Waals surface area contributed by atoms with Crippen molar-refractivity contribution >= 4 is 11.6 Å². The van der Waals surface area contributed by atoms with Crippen LogP contribution in [0.5, 0.6) is 11.5 Å². The molecule has 0 fully saturated rings. The Kier molecular flexibility index (Phi) is 5.99. The maximum atomic E-state index is 12.3. The minimum Gasteiger partial charge on any atom is -0.497 e. The number of aryl methyl sites for hydroxylation is 3. The summed E-state index contributed by atoms with van der Waals surface area (Å²) in [4.78, 5) is 16.6. The largest absolute Gasteiger partial charge is 0.497 e. The van der Waals surface area contributed by atoms with E-state index in [9.17, 15) is 4.79 Å². The van der Waals surface area contributed by atoms with Gasteiger partial charge in [0, 0.05) is 24.6 Å². The molecule has 0 unspecified atom stereocenters. The number of nitrogens with zero attached hydrogens (tertiary/aromatic N) is 1. The van der Waals surface area contributed by atoms with Gasteiger partial charge in [-0.1, -0.05) is 12.1 Å². The number of amides is 1. The Labute approximate surface area is 164 Å². The van der Waals surface area contributed by atoms with Gasteiger partial charge in [0.1, 0.15) is 11.5 Å². The van der Waals surface area contributed by atoms with E-state index < -0.39 is 0 Å². The summed E-state index contributed by atoms with van der Waals surface area (Å²) < 4.78 is 16.4. The maximum Gasteiger partial charge on any atom is 0.224 e. The molecule has 146 valence electrons. The molecule has 1 amide bonds. The van der Waals surface area contributed by atoms with Crippen molar-refractivity contribution in [2.24, 2.45) is 0 Å². The molecule has 3 aromatic rings. The Morgan fingerprint density at radius 1 is 1.11 bits per heavy atom. The van der Waals surface area contributed by atoms with E-state index in [0.29, 0.717) is 29.6 Å². The Hall–Kier alpha value is -3.28. The predicted molar refractivity (Wildman–Crippen MR) is 108 cm³/mol. The van der Waals surface area contributed by atoms with Gasteiger partial charge in [-0.2, -0.15) is 0 Å². The first-order valence-corrected chi connectivity index (χ1v) is 9.04. The maximum absolute atomic E-state index is 12.3. The summed E-state index contributed by atoms with van der Waals surface area (Å²) in [6.45, 7) is 3.97. The number of benzene rings is 2. The average molecular weight is 380 g/mol. The lowest BCUT2D eigenvalue weighted by Gasteiger charge is -2.09. The van der Waals surface area contributed by atoms with Crippen LogP contribution in [0.1, 0.15) is 23.4 Å². The third-order valence-corrected chi connectivity index (χ3v) is 4.46. The normalized spacial score (nSPS) is 10.6. The van der Waals surface area contributed by atoms with Crippen LogP contribution < -0.4 is 14.8 Å². The van der Waals surface area contributed by atoms with Gasteiger partial charge in [-0.15, -0.1) is 0 Å². The summed E-state index contributed by atoms with van der Waals surface area (Å²) >= 11 is 0. The second-order valence-electron chi connectivity index (χ2n) is 6.55. The molecule has 1 aromatic heterocycles. The van der Waals surface area contributed by atoms with Gasteiger partial charge < -0.3 is 19.2 Å². The number of hydrogen-bond acceptors (Lipinski definition) is 5. The molecule has 0 radical (unpaired) electrons. The number of rotatable bonds is 7. The highest BCUT2D eigenvalue weighted by atomic mass is 16.5. The van der Waals surface area contributed by atoms with E-state index in [1.807, 2.05) is 44.2 Å². The first kappa shape index (κ1) is 19.5. The minimum absolute atomic E-state index is 0.0736. The van der Waals surface area contributed by atoms with Gasteiger partial charge in [0.05, 0.1) is 26.0 Å². The van der Waals surface area contributed by atoms with Gasteiger partial charge in [0.25, 0.3) is 0 Å². The van der Waals surface area contributed by atoms with Crippen molar-refractivity contribution in [1.82, 2.24) is 4.98 Å². The molecule has 1 heterocycles. The van der Waals surface area contributed by atoms with Crippen LogP contribution in [0.2, 0.25) is 0 Å². The van der Waals surface area contributed by atoms with E-state index in [4.69, 9.17) is 13.9 Å². The Morgan fingerprint density at radius 3 is 2.68 bits per heavy atom. The second kappa shape index (κ2) is 8.61. The Balaban J connectivity index is 1.65. The zero-order valence-corrected chi connectivity index (χ0v) is 16.5. The van der Waals surface area contributed by atoms with E-state index in [1.54, 1.807) is 26.5 Å². The van der Waals surface area contributed by atoms with Crippen LogP contribution in [0.4, 0.5) is 5.69 Å². The lowest BCUT2D eigenvalue weighted by molar-refractivity contribution is -0.116. The Morgan fingerprint density at radius 2 is 1.93 bits per heavy atom. The van der Waals surface area contributed by atoms with Gasteiger partial charge >= 0.3 is 0 Å². The topological polar surface area (TPSA) is 73.6 Å². The molecule has 0 aliphatic heterocycles. The van der Waals surface area contributed by atoms with E-state index >= 15 is 0 Å². The van der Waals surface area contributed by atoms with Crippen molar-refractivity contribution in [3.63, 3.8) is 0 Å². The Bertz CT molecular complexity index is 978. The fourth-order valence-corrected chi connectivity index (χ4v) is 2.86. The molecule has 0 aliphatic carbocycles. The van der Waals surface area contributed by atoms with Crippen LogP contribution in [0.15, 0.2) is 47.0 Å². The number of anilines is 1. The molecule has 6 nitrogen and oxygen atoms in total. The number of carbonyl (C=O) groups is 1. The molecule has 0 aliphatic rings. The van der Waals surface area contributed by atoms with E-state index in [-0.39, 0.29) is 12.3 Å². The lowest BCUT2D eigenvalue weighted by Crippen LogP contribution is -2.13. The molecule has 0 atom stereocenters. The van der Waals surface area contributed by atoms with Crippen LogP contribution in [-0.4, -0.2) is 25.1 Å². The molecule has 6 heteroatoms. The van der Waals surface area contributed by atoms with Crippen LogP contribution in [-0.2, 0) is 11.2 Å². The first-order valence-electron chi connectivity index (χ1n) is 9.04. The highest BCUT2D eigenvalue weighted by molar-refractivity contribution is 5.91. The number of ether oxygens (including phenoxy) is 2. The van der Waals surface area contributed by atoms with E-state index in [1.165, 1.54) is 0 Å². The number of carbonyl (C=O) groups excluding carboxylic acids is 1. The molecule has 28 heavy (non-hydrogen) atoms. The zero-order valence-electron chi connectivity index (χ0n) is 16.5. The van der Waals surface area contributed by atoms with Gasteiger partial charge in [-0.25, -0.2) is 4.98 Å². The molecule has 3 rings (SSSR count). The quantitative estimate of drug-likeness (QED) is 0.651. The molecule has 0 saturated carbocycles. The summed E-state index contributed by atoms with van der Waals surface area (Å²) in [5.74, 6) is 2.35. The summed E-state index contributed by atoms with van der Waals surface area (Å²) in [5.41, 5.74) is 3.75. The number of nitrogens with one attached hydrogen (secondary N) is 1. The summed E-state index contributed by atoms with van der Waals surface area (Å²) in [6, 6.07) is 11.5. The van der Waals surface area contributed by atoms with Gasteiger partial charge in [0.15, 0.2) is 11.7 Å². The third-order valence-electron chi connectivity index (χ3n) is 4.46. The summed E-state index contributed by atoms with van der Waals surface area (Å²) in [6.07, 6.45) is 2.34. The van der Waals surface area contributed by atoms with Crippen molar-refractivity contribution < 1.29 is 18.7 Å². The van der Waals surface area contributed by atoms with Crippen LogP contribution >= 0.6 is 0 Å². The average Bonchev–Trinajstić information content (AvgIpc) is 3.17. The fraction of sp³-hybridized carbons (Fsp3) is 0.273. The van der Waals surface area contributed by atoms with Crippen LogP contribution in [0, 0.1) is 13.8 Å². The number of hydrogen-bond donors (Lipinski definition) is 1. The standard InChI is InChI=1S/C22H24N2O4/c1-14-5-6-15(2)18(11-14)24-21(25)9-10-22-23-13-20(28-22)17-8-7-16(26-3)12-19(17)27-4/h5-8,11-13H,9-10H2,1-4H3,(H,24,25). The highest BCUT2D eigenvalue weighted by Crippen LogP contribution is 2.33. The van der Waals surface area contributed by atoms with Crippen LogP contribution in [0.3, 0.4) is 0 Å². The van der Waals surface area contributed by atoms with Crippen LogP contribution in [0.25, 0.3) is 11.3 Å². The molecular formula is C22H24N2O4. The summed E-state index contributed by atoms with van der Waals surface area (Å²) in [5, 5.41) is 2.95. The predicted octanol–water partition coefficient (Wildman–Crippen LogP) is 4.55. The molecule has 1 N–H and O–H groups in total. The fourth-order valence-electron chi connectivity index (χ4n) is 2.86. The van der Waals surface area contributed by atoms with Crippen molar-refractivity contribution in [3.05, 3.63) is 59.6 Å². The van der Waals surface area contributed by atoms with Crippen molar-refractivity contribution in [3.8, 4) is 22.8 Å². The number of methoxy groups -OCH3 is 2. The van der Waals surface area contributed by atoms with Gasteiger partial charge in [-0.3, -0.25) is 4.79 Å². The van der Waals surface area contributed by atoms with Crippen molar-refractivity contribution in [2.45, 2.75) is 26.7 Å². The second-order valence-corrected chi connectivity index (χ2v) is 6.55. The lowest BCUT2D eigenvalue weighted by atomic mass is 10.1. The molecule has 0 bridgehead atoms. The van der Waals surface area contributed by atoms with E-state index in [0.717, 1.165) is 22.4 Å². The molecular weight excluding hydrogens is 356 g/mol. The van der Waals surface area contributed by atoms with Crippen molar-refractivity contribution in [1.29, 1.82) is 0 Å². The molecule has 0 spiro atoms. The minimum atomic E-state index is -0.0736. The van der Waals surface area contributed by atoms with Gasteiger partial charge in [-0.05, 0) is 43.2 Å². The van der Waals surface area contributed by atoms with Crippen molar-refractivity contribution in [2.75, 3.05) is 19.5 Å². The highest BCUT2D eigenvalue weighted by Gasteiger charge is 2.14. The molecule has 2 aromatic carbocycles. The zero-order chi connectivity index (χ0) is 20.1. The first-order chi connectivity index (χ1) is 13.5. The number of aromatic nitrogens is 1. The molecule has 0 saturated heterocycles. The monoisotopic (exact) mass is 380 g/mol. The SMILES string of the molecule is COc1ccc(-c2cnc(CCC(=O)Nc3cc(C)ccc3C)o2)c(OC)c1. The van der Waals surface area contributed by atoms with Gasteiger partial charge in [0.2, 0.25) is 5.91 Å². The van der Waals surface area contributed by atoms with E-state index in [2.05, 4.69) is 10.3 Å². The smallest absolute Gasteiger partial charge is 0.224 e. The third kappa shape index (κ3) is 4.52. The number of oxazole rings is 1.